The van der Waals surface area contributed by atoms with Crippen LogP contribution in [0.15, 0.2) is 47.4 Å². The van der Waals surface area contributed by atoms with Crippen LogP contribution in [0, 0.1) is 5.82 Å². The highest BCUT2D eigenvalue weighted by atomic mass is 32.2. The molecule has 0 aliphatic heterocycles. The summed E-state index contributed by atoms with van der Waals surface area (Å²) in [6.07, 6.45) is 1.70. The molecule has 2 aromatic rings. The van der Waals surface area contributed by atoms with Gasteiger partial charge >= 0.3 is 5.97 Å². The van der Waals surface area contributed by atoms with Crippen molar-refractivity contribution in [2.24, 2.45) is 5.14 Å². The number of primary sulfonamides is 1. The summed E-state index contributed by atoms with van der Waals surface area (Å²) >= 11 is 0. The molecular weight excluding hydrogens is 415 g/mol. The number of hydrogen-bond acceptors (Lipinski definition) is 6. The monoisotopic (exact) mass is 436 g/mol. The van der Waals surface area contributed by atoms with Gasteiger partial charge in [-0.1, -0.05) is 12.1 Å². The van der Waals surface area contributed by atoms with Crippen LogP contribution in [0.1, 0.15) is 28.8 Å². The molecule has 1 saturated carbocycles. The van der Waals surface area contributed by atoms with E-state index in [9.17, 15) is 22.4 Å². The van der Waals surface area contributed by atoms with Crippen LogP contribution >= 0.6 is 0 Å². The fourth-order valence-electron chi connectivity index (χ4n) is 2.86. The van der Waals surface area contributed by atoms with E-state index in [1.54, 1.807) is 24.1 Å². The number of amides is 1. The first kappa shape index (κ1) is 21.7. The van der Waals surface area contributed by atoms with Gasteiger partial charge in [0.2, 0.25) is 10.0 Å². The molecule has 1 fully saturated rings. The summed E-state index contributed by atoms with van der Waals surface area (Å²) in [6.45, 7) is -0.259. The van der Waals surface area contributed by atoms with Crippen LogP contribution in [0.25, 0.3) is 0 Å². The third-order valence-corrected chi connectivity index (χ3v) is 5.54. The van der Waals surface area contributed by atoms with E-state index in [0.29, 0.717) is 12.3 Å². The van der Waals surface area contributed by atoms with Gasteiger partial charge in [0, 0.05) is 12.6 Å². The molecule has 0 radical (unpaired) electrons. The minimum atomic E-state index is -4.12. The number of nitrogens with two attached hydrogens (primary N) is 1. The molecule has 1 aliphatic rings. The van der Waals surface area contributed by atoms with Crippen LogP contribution in [-0.2, 0) is 26.1 Å². The topological polar surface area (TPSA) is 116 Å². The molecule has 0 atom stereocenters. The minimum absolute atomic E-state index is 0.0563. The highest BCUT2D eigenvalue weighted by Gasteiger charge is 2.33. The normalized spacial score (nSPS) is 13.6. The fraction of sp³-hybridized carbons (Fsp3) is 0.300. The highest BCUT2D eigenvalue weighted by Crippen LogP contribution is 2.29. The third-order valence-electron chi connectivity index (χ3n) is 4.63. The second-order valence-corrected chi connectivity index (χ2v) is 8.43. The summed E-state index contributed by atoms with van der Waals surface area (Å²) in [5.74, 6) is -1.85. The number of esters is 1. The first-order chi connectivity index (χ1) is 14.2. The molecule has 1 aliphatic carbocycles. The lowest BCUT2D eigenvalue weighted by Crippen LogP contribution is -2.36. The van der Waals surface area contributed by atoms with Gasteiger partial charge in [-0.3, -0.25) is 4.79 Å². The molecule has 0 bridgehead atoms. The zero-order valence-electron chi connectivity index (χ0n) is 16.2. The number of nitrogens with zero attached hydrogens (tertiary/aromatic N) is 1. The van der Waals surface area contributed by atoms with E-state index in [4.69, 9.17) is 14.6 Å². The van der Waals surface area contributed by atoms with Gasteiger partial charge in [-0.2, -0.15) is 0 Å². The molecule has 0 heterocycles. The molecule has 10 heteroatoms. The zero-order chi connectivity index (χ0) is 21.9. The van der Waals surface area contributed by atoms with E-state index in [0.717, 1.165) is 36.6 Å². The maximum atomic E-state index is 13.9. The van der Waals surface area contributed by atoms with Crippen LogP contribution in [0.4, 0.5) is 4.39 Å². The Kier molecular flexibility index (Phi) is 6.37. The molecule has 1 amide bonds. The number of rotatable bonds is 8. The van der Waals surface area contributed by atoms with Gasteiger partial charge < -0.3 is 14.4 Å². The Morgan fingerprint density at radius 1 is 1.17 bits per heavy atom. The standard InChI is InChI=1S/C20H21FN2O6S/c1-28-15-6-2-13(3-7-15)11-23(14-4-5-14)19(24)12-29-20(25)17-10-16(30(22,26)27)8-9-18(17)21/h2-3,6-10,14H,4-5,11-12H2,1H3,(H2,22,26,27). The molecule has 30 heavy (non-hydrogen) atoms. The van der Waals surface area contributed by atoms with Gasteiger partial charge in [-0.25, -0.2) is 22.7 Å². The first-order valence-corrected chi connectivity index (χ1v) is 10.7. The first-order valence-electron chi connectivity index (χ1n) is 9.11. The predicted molar refractivity (Wildman–Crippen MR) is 105 cm³/mol. The summed E-state index contributed by atoms with van der Waals surface area (Å²) < 4.78 is 46.8. The van der Waals surface area contributed by atoms with E-state index < -0.39 is 44.8 Å². The molecule has 0 spiro atoms. The SMILES string of the molecule is COc1ccc(CN(C(=O)COC(=O)c2cc(S(N)(=O)=O)ccc2F)C2CC2)cc1. The van der Waals surface area contributed by atoms with Gasteiger partial charge in [0.25, 0.3) is 5.91 Å². The number of ether oxygens (including phenoxy) is 2. The lowest BCUT2D eigenvalue weighted by atomic mass is 10.2. The number of benzene rings is 2. The van der Waals surface area contributed by atoms with Crippen molar-refractivity contribution < 1.29 is 31.9 Å². The van der Waals surface area contributed by atoms with Gasteiger partial charge in [0.1, 0.15) is 11.6 Å². The molecule has 0 unspecified atom stereocenters. The Labute approximate surface area is 173 Å². The third kappa shape index (κ3) is 5.33. The Bertz CT molecular complexity index is 1050. The van der Waals surface area contributed by atoms with E-state index in [2.05, 4.69) is 0 Å². The Morgan fingerprint density at radius 2 is 1.83 bits per heavy atom. The van der Waals surface area contributed by atoms with Crippen molar-refractivity contribution in [1.82, 2.24) is 4.90 Å². The summed E-state index contributed by atoms with van der Waals surface area (Å²) in [6, 6.07) is 9.82. The second-order valence-electron chi connectivity index (χ2n) is 6.86. The van der Waals surface area contributed by atoms with Crippen LogP contribution in [0.5, 0.6) is 5.75 Å². The smallest absolute Gasteiger partial charge is 0.341 e. The summed E-state index contributed by atoms with van der Waals surface area (Å²) in [4.78, 5) is 26.0. The number of methoxy groups -OCH3 is 1. The molecule has 2 aromatic carbocycles. The van der Waals surface area contributed by atoms with E-state index >= 15 is 0 Å². The number of halogens is 1. The van der Waals surface area contributed by atoms with Gasteiger partial charge in [-0.15, -0.1) is 0 Å². The van der Waals surface area contributed by atoms with Crippen LogP contribution in [0.3, 0.4) is 0 Å². The minimum Gasteiger partial charge on any atom is -0.497 e. The number of carbonyl (C=O) groups is 2. The molecular formula is C20H21FN2O6S. The van der Waals surface area contributed by atoms with E-state index in [-0.39, 0.29) is 6.04 Å². The van der Waals surface area contributed by atoms with Crippen molar-refractivity contribution in [3.05, 3.63) is 59.4 Å². The van der Waals surface area contributed by atoms with Gasteiger partial charge in [-0.05, 0) is 48.7 Å². The van der Waals surface area contributed by atoms with Crippen molar-refractivity contribution in [3.8, 4) is 5.75 Å². The van der Waals surface area contributed by atoms with Crippen molar-refractivity contribution in [2.75, 3.05) is 13.7 Å². The Balaban J connectivity index is 1.66. The average molecular weight is 436 g/mol. The molecule has 160 valence electrons. The lowest BCUT2D eigenvalue weighted by Gasteiger charge is -2.22. The van der Waals surface area contributed by atoms with Crippen molar-refractivity contribution in [3.63, 3.8) is 0 Å². The summed E-state index contributed by atoms with van der Waals surface area (Å²) in [5, 5.41) is 5.00. The van der Waals surface area contributed by atoms with Crippen LogP contribution in [0.2, 0.25) is 0 Å². The van der Waals surface area contributed by atoms with Crippen LogP contribution in [-0.4, -0.2) is 45.0 Å². The molecule has 8 nitrogen and oxygen atoms in total. The van der Waals surface area contributed by atoms with E-state index in [1.165, 1.54) is 0 Å². The predicted octanol–water partition coefficient (Wildman–Crippen LogP) is 1.83. The Hall–Kier alpha value is -2.98. The quantitative estimate of drug-likeness (QED) is 0.631. The molecule has 0 aromatic heterocycles. The van der Waals surface area contributed by atoms with Crippen LogP contribution < -0.4 is 9.88 Å². The van der Waals surface area contributed by atoms with Crippen molar-refractivity contribution >= 4 is 21.9 Å². The second kappa shape index (κ2) is 8.80. The maximum absolute atomic E-state index is 13.9. The lowest BCUT2D eigenvalue weighted by molar-refractivity contribution is -0.135. The summed E-state index contributed by atoms with van der Waals surface area (Å²) in [7, 11) is -2.56. The maximum Gasteiger partial charge on any atom is 0.341 e. The zero-order valence-corrected chi connectivity index (χ0v) is 17.0. The summed E-state index contributed by atoms with van der Waals surface area (Å²) in [5.41, 5.74) is 0.275. The number of sulfonamides is 1. The largest absolute Gasteiger partial charge is 0.497 e. The van der Waals surface area contributed by atoms with Gasteiger partial charge in [0.15, 0.2) is 6.61 Å². The molecule has 3 rings (SSSR count). The Morgan fingerprint density at radius 3 is 2.40 bits per heavy atom. The molecule has 2 N–H and O–H groups in total. The van der Waals surface area contributed by atoms with Crippen molar-refractivity contribution in [2.45, 2.75) is 30.3 Å². The average Bonchev–Trinajstić information content (AvgIpc) is 3.55. The van der Waals surface area contributed by atoms with E-state index in [1.807, 2.05) is 12.1 Å². The number of carbonyl (C=O) groups excluding carboxylic acids is 2. The molecule has 0 saturated heterocycles. The fourth-order valence-corrected chi connectivity index (χ4v) is 3.40. The highest BCUT2D eigenvalue weighted by molar-refractivity contribution is 7.89. The number of hydrogen-bond donors (Lipinski definition) is 1. The van der Waals surface area contributed by atoms with Crippen molar-refractivity contribution in [1.29, 1.82) is 0 Å². The van der Waals surface area contributed by atoms with Gasteiger partial charge in [0.05, 0.1) is 17.6 Å².